The predicted octanol–water partition coefficient (Wildman–Crippen LogP) is 9.33. The summed E-state index contributed by atoms with van der Waals surface area (Å²) >= 11 is 0. The molecule has 1 aliphatic rings. The minimum absolute atomic E-state index is 0.0523. The van der Waals surface area contributed by atoms with Gasteiger partial charge in [-0.2, -0.15) is 0 Å². The fourth-order valence-corrected chi connectivity index (χ4v) is 6.68. The fourth-order valence-electron chi connectivity index (χ4n) is 6.68. The first-order valence-electron chi connectivity index (χ1n) is 15.7. The SMILES string of the molecule is CC(C)(CCC(=O)O)c1c(N/C=C/C=C/C=C/C=C2/N(CCC(=O)O)c3ccc4ccccc4c3C2(C)C)ccc2ccccc12. The smallest absolute Gasteiger partial charge is 0.305 e. The molecule has 0 saturated heterocycles. The number of nitrogens with one attached hydrogen (secondary N) is 1. The highest BCUT2D eigenvalue weighted by molar-refractivity contribution is 5.95. The maximum Gasteiger partial charge on any atom is 0.305 e. The summed E-state index contributed by atoms with van der Waals surface area (Å²) < 4.78 is 0. The number of anilines is 2. The third-order valence-corrected chi connectivity index (χ3v) is 8.91. The topological polar surface area (TPSA) is 89.9 Å². The van der Waals surface area contributed by atoms with Gasteiger partial charge in [0.2, 0.25) is 0 Å². The van der Waals surface area contributed by atoms with E-state index in [4.69, 9.17) is 0 Å². The standard InChI is InChI=1S/C40H42N2O4/c1-39(2,25-23-35(43)44)37-30-16-11-9-14-28(30)19-21-32(37)41-26-13-7-5-6-8-18-34-40(3,4)38-31-17-12-10-15-29(31)20-22-33(38)42(34)27-24-36(45)46/h5-22,26,41H,23-25,27H2,1-4H3,(H,43,44)(H,45,46)/b7-5+,8-6+,26-13+,34-18+. The Hall–Kier alpha value is -5.10. The highest BCUT2D eigenvalue weighted by Gasteiger charge is 2.41. The molecule has 0 amide bonds. The summed E-state index contributed by atoms with van der Waals surface area (Å²) in [5.74, 6) is -1.61. The van der Waals surface area contributed by atoms with Crippen molar-refractivity contribution in [1.29, 1.82) is 0 Å². The van der Waals surface area contributed by atoms with Crippen LogP contribution in [0.4, 0.5) is 11.4 Å². The lowest BCUT2D eigenvalue weighted by atomic mass is 9.77. The second kappa shape index (κ2) is 13.5. The molecule has 0 aliphatic carbocycles. The number of carboxylic acid groups (broad SMARTS) is 2. The molecule has 0 unspecified atom stereocenters. The van der Waals surface area contributed by atoms with Gasteiger partial charge < -0.3 is 20.4 Å². The van der Waals surface area contributed by atoms with E-state index in [0.29, 0.717) is 13.0 Å². The molecule has 4 aromatic rings. The van der Waals surface area contributed by atoms with Gasteiger partial charge in [-0.3, -0.25) is 9.59 Å². The number of nitrogens with zero attached hydrogens (tertiary/aromatic N) is 1. The van der Waals surface area contributed by atoms with Crippen molar-refractivity contribution in [3.63, 3.8) is 0 Å². The quantitative estimate of drug-likeness (QED) is 0.138. The van der Waals surface area contributed by atoms with Gasteiger partial charge in [-0.05, 0) is 68.8 Å². The number of aliphatic carboxylic acids is 2. The number of fused-ring (bicyclic) bond motifs is 4. The van der Waals surface area contributed by atoms with E-state index in [1.807, 2.05) is 54.8 Å². The molecule has 0 atom stereocenters. The van der Waals surface area contributed by atoms with Gasteiger partial charge in [-0.15, -0.1) is 0 Å². The number of hydrogen-bond donors (Lipinski definition) is 3. The monoisotopic (exact) mass is 614 g/mol. The van der Waals surface area contributed by atoms with Crippen LogP contribution >= 0.6 is 0 Å². The maximum atomic E-state index is 11.5. The van der Waals surface area contributed by atoms with Crippen LogP contribution in [0.25, 0.3) is 21.5 Å². The molecule has 3 N–H and O–H groups in total. The highest BCUT2D eigenvalue weighted by atomic mass is 16.4. The van der Waals surface area contributed by atoms with Crippen molar-refractivity contribution in [3.05, 3.63) is 132 Å². The van der Waals surface area contributed by atoms with Crippen LogP contribution in [0.3, 0.4) is 0 Å². The summed E-state index contributed by atoms with van der Waals surface area (Å²) in [6.45, 7) is 9.00. The van der Waals surface area contributed by atoms with Crippen LogP contribution < -0.4 is 10.2 Å². The second-order valence-corrected chi connectivity index (χ2v) is 12.9. The minimum atomic E-state index is -0.815. The molecule has 6 heteroatoms. The molecule has 0 fully saturated rings. The lowest BCUT2D eigenvalue weighted by Crippen LogP contribution is -2.28. The van der Waals surface area contributed by atoms with Crippen LogP contribution in [0.15, 0.2) is 121 Å². The Morgan fingerprint density at radius 1 is 0.783 bits per heavy atom. The van der Waals surface area contributed by atoms with Gasteiger partial charge >= 0.3 is 11.9 Å². The molecule has 4 aromatic carbocycles. The number of carboxylic acids is 2. The zero-order valence-corrected chi connectivity index (χ0v) is 27.0. The Morgan fingerprint density at radius 3 is 2.11 bits per heavy atom. The van der Waals surface area contributed by atoms with Crippen molar-refractivity contribution < 1.29 is 19.8 Å². The van der Waals surface area contributed by atoms with E-state index in [9.17, 15) is 19.8 Å². The Kier molecular flexibility index (Phi) is 9.47. The first-order valence-corrected chi connectivity index (χ1v) is 15.7. The van der Waals surface area contributed by atoms with E-state index in [2.05, 4.69) is 98.6 Å². The van der Waals surface area contributed by atoms with Gasteiger partial charge in [0.1, 0.15) is 0 Å². The van der Waals surface area contributed by atoms with Crippen molar-refractivity contribution >= 4 is 44.9 Å². The van der Waals surface area contributed by atoms with Gasteiger partial charge in [-0.1, -0.05) is 113 Å². The summed E-state index contributed by atoms with van der Waals surface area (Å²) in [6.07, 6.45) is 14.5. The molecule has 1 aliphatic heterocycles. The highest BCUT2D eigenvalue weighted by Crippen LogP contribution is 2.50. The third-order valence-electron chi connectivity index (χ3n) is 8.91. The van der Waals surface area contributed by atoms with Crippen molar-refractivity contribution in [2.75, 3.05) is 16.8 Å². The average molecular weight is 615 g/mol. The lowest BCUT2D eigenvalue weighted by Gasteiger charge is -2.29. The third kappa shape index (κ3) is 6.76. The van der Waals surface area contributed by atoms with Gasteiger partial charge in [0.25, 0.3) is 0 Å². The molecule has 46 heavy (non-hydrogen) atoms. The van der Waals surface area contributed by atoms with Crippen LogP contribution in [0, 0.1) is 0 Å². The zero-order valence-electron chi connectivity index (χ0n) is 27.0. The van der Waals surface area contributed by atoms with Crippen LogP contribution in [0.2, 0.25) is 0 Å². The number of hydrogen-bond acceptors (Lipinski definition) is 4. The van der Waals surface area contributed by atoms with E-state index in [1.165, 1.54) is 16.3 Å². The molecule has 5 rings (SSSR count). The molecule has 0 radical (unpaired) electrons. The van der Waals surface area contributed by atoms with E-state index in [-0.39, 0.29) is 23.7 Å². The summed E-state index contributed by atoms with van der Waals surface area (Å²) in [6, 6.07) is 24.9. The Morgan fingerprint density at radius 2 is 1.39 bits per heavy atom. The van der Waals surface area contributed by atoms with E-state index < -0.39 is 11.9 Å². The molecule has 6 nitrogen and oxygen atoms in total. The number of allylic oxidation sites excluding steroid dienone is 7. The van der Waals surface area contributed by atoms with Gasteiger partial charge in [-0.25, -0.2) is 0 Å². The second-order valence-electron chi connectivity index (χ2n) is 12.9. The first kappa shape index (κ1) is 32.3. The number of benzene rings is 4. The molecule has 0 spiro atoms. The molecule has 0 saturated carbocycles. The zero-order chi connectivity index (χ0) is 32.9. The maximum absolute atomic E-state index is 11.5. The number of rotatable bonds is 12. The van der Waals surface area contributed by atoms with E-state index in [1.54, 1.807) is 0 Å². The summed E-state index contributed by atoms with van der Waals surface area (Å²) in [5.41, 5.74) is 4.76. The van der Waals surface area contributed by atoms with Crippen molar-refractivity contribution in [2.24, 2.45) is 0 Å². The predicted molar refractivity (Wildman–Crippen MR) is 190 cm³/mol. The first-order chi connectivity index (χ1) is 22.0. The largest absolute Gasteiger partial charge is 0.481 e. The van der Waals surface area contributed by atoms with Crippen LogP contribution in [0.5, 0.6) is 0 Å². The number of carbonyl (C=O) groups is 2. The van der Waals surface area contributed by atoms with Gasteiger partial charge in [0.15, 0.2) is 0 Å². The van der Waals surface area contributed by atoms with Crippen LogP contribution in [-0.2, 0) is 20.4 Å². The van der Waals surface area contributed by atoms with Crippen LogP contribution in [-0.4, -0.2) is 28.7 Å². The van der Waals surface area contributed by atoms with Gasteiger partial charge in [0, 0.05) is 41.7 Å². The van der Waals surface area contributed by atoms with Crippen molar-refractivity contribution in [1.82, 2.24) is 0 Å². The Bertz CT molecular complexity index is 1890. The summed E-state index contributed by atoms with van der Waals surface area (Å²) in [5, 5.41) is 26.8. The normalized spacial score (nSPS) is 15.6. The van der Waals surface area contributed by atoms with Crippen LogP contribution in [0.1, 0.15) is 58.1 Å². The Labute approximate surface area is 271 Å². The molecule has 0 aromatic heterocycles. The lowest BCUT2D eigenvalue weighted by molar-refractivity contribution is -0.138. The van der Waals surface area contributed by atoms with Crippen molar-refractivity contribution in [2.45, 2.75) is 57.8 Å². The van der Waals surface area contributed by atoms with E-state index >= 15 is 0 Å². The Balaban J connectivity index is 1.34. The molecular weight excluding hydrogens is 572 g/mol. The average Bonchev–Trinajstić information content (AvgIpc) is 3.25. The summed E-state index contributed by atoms with van der Waals surface area (Å²) in [4.78, 5) is 25.0. The minimum Gasteiger partial charge on any atom is -0.481 e. The molecule has 1 heterocycles. The van der Waals surface area contributed by atoms with Crippen molar-refractivity contribution in [3.8, 4) is 0 Å². The molecule has 236 valence electrons. The summed E-state index contributed by atoms with van der Waals surface area (Å²) in [7, 11) is 0. The fraction of sp³-hybridized carbons (Fsp3) is 0.250. The van der Waals surface area contributed by atoms with E-state index in [0.717, 1.165) is 33.4 Å². The van der Waals surface area contributed by atoms with Gasteiger partial charge in [0.05, 0.1) is 6.42 Å². The molecule has 0 bridgehead atoms. The molecular formula is C40H42N2O4.